The van der Waals surface area contributed by atoms with Crippen LogP contribution in [0.3, 0.4) is 0 Å². The molecule has 1 aliphatic carbocycles. The molecule has 1 fully saturated rings. The molecule has 0 radical (unpaired) electrons. The van der Waals surface area contributed by atoms with Crippen molar-refractivity contribution in [1.82, 2.24) is 15.3 Å². The average molecular weight is 297 g/mol. The van der Waals surface area contributed by atoms with Crippen molar-refractivity contribution in [2.45, 2.75) is 50.8 Å². The Morgan fingerprint density at radius 1 is 1.14 bits per heavy atom. The molecule has 1 aromatic carbocycles. The molecule has 4 nitrogen and oxygen atoms in total. The Morgan fingerprint density at radius 2 is 1.95 bits per heavy atom. The van der Waals surface area contributed by atoms with Gasteiger partial charge in [-0.3, -0.25) is 9.97 Å². The van der Waals surface area contributed by atoms with Crippen LogP contribution < -0.4 is 10.1 Å². The van der Waals surface area contributed by atoms with E-state index in [0.717, 1.165) is 24.3 Å². The molecule has 22 heavy (non-hydrogen) atoms. The van der Waals surface area contributed by atoms with Crippen molar-refractivity contribution in [3.8, 4) is 5.75 Å². The van der Waals surface area contributed by atoms with Crippen LogP contribution in [0, 0.1) is 0 Å². The molecule has 0 spiro atoms. The number of rotatable bonds is 5. The zero-order chi connectivity index (χ0) is 15.2. The summed E-state index contributed by atoms with van der Waals surface area (Å²) in [5.74, 6) is 0.952. The SMILES string of the molecule is C[C@H](N[C@@H]1CCCC[C@H]1Oc1ccccc1)c1cnccn1. The zero-order valence-corrected chi connectivity index (χ0v) is 13.0. The van der Waals surface area contributed by atoms with Crippen molar-refractivity contribution < 1.29 is 4.74 Å². The molecule has 0 unspecified atom stereocenters. The van der Waals surface area contributed by atoms with Crippen molar-refractivity contribution in [2.24, 2.45) is 0 Å². The minimum atomic E-state index is 0.179. The van der Waals surface area contributed by atoms with Gasteiger partial charge in [0.1, 0.15) is 11.9 Å². The third kappa shape index (κ3) is 3.83. The van der Waals surface area contributed by atoms with Crippen molar-refractivity contribution in [1.29, 1.82) is 0 Å². The van der Waals surface area contributed by atoms with Gasteiger partial charge in [-0.25, -0.2) is 0 Å². The van der Waals surface area contributed by atoms with Gasteiger partial charge in [0, 0.05) is 30.7 Å². The Balaban J connectivity index is 1.65. The van der Waals surface area contributed by atoms with E-state index in [2.05, 4.69) is 22.2 Å². The van der Waals surface area contributed by atoms with Crippen molar-refractivity contribution in [3.05, 3.63) is 54.6 Å². The van der Waals surface area contributed by atoms with E-state index < -0.39 is 0 Å². The maximum atomic E-state index is 6.21. The highest BCUT2D eigenvalue weighted by Gasteiger charge is 2.28. The lowest BCUT2D eigenvalue weighted by Gasteiger charge is -2.34. The fraction of sp³-hybridized carbons (Fsp3) is 0.444. The second-order valence-electron chi connectivity index (χ2n) is 5.88. The van der Waals surface area contributed by atoms with Gasteiger partial charge in [0.25, 0.3) is 0 Å². The Bertz CT molecular complexity index is 561. The first-order valence-electron chi connectivity index (χ1n) is 8.06. The van der Waals surface area contributed by atoms with Crippen molar-refractivity contribution in [3.63, 3.8) is 0 Å². The minimum absolute atomic E-state index is 0.179. The lowest BCUT2D eigenvalue weighted by Crippen LogP contribution is -2.46. The van der Waals surface area contributed by atoms with Crippen LogP contribution in [0.4, 0.5) is 0 Å². The molecule has 1 N–H and O–H groups in total. The molecule has 2 aromatic rings. The van der Waals surface area contributed by atoms with E-state index in [1.807, 2.05) is 36.5 Å². The van der Waals surface area contributed by atoms with Crippen molar-refractivity contribution >= 4 is 0 Å². The number of nitrogens with one attached hydrogen (secondary N) is 1. The molecule has 116 valence electrons. The van der Waals surface area contributed by atoms with Crippen LogP contribution in [0.1, 0.15) is 44.3 Å². The molecule has 4 heteroatoms. The predicted molar refractivity (Wildman–Crippen MR) is 86.7 cm³/mol. The second kappa shape index (κ2) is 7.36. The van der Waals surface area contributed by atoms with Gasteiger partial charge in [-0.05, 0) is 38.3 Å². The number of para-hydroxylation sites is 1. The topological polar surface area (TPSA) is 47.0 Å². The van der Waals surface area contributed by atoms with E-state index in [1.165, 1.54) is 12.8 Å². The lowest BCUT2D eigenvalue weighted by atomic mass is 9.91. The van der Waals surface area contributed by atoms with E-state index in [9.17, 15) is 0 Å². The fourth-order valence-electron chi connectivity index (χ4n) is 3.04. The molecular weight excluding hydrogens is 274 g/mol. The first-order chi connectivity index (χ1) is 10.8. The lowest BCUT2D eigenvalue weighted by molar-refractivity contribution is 0.108. The van der Waals surface area contributed by atoms with Gasteiger partial charge in [0.15, 0.2) is 0 Å². The summed E-state index contributed by atoms with van der Waals surface area (Å²) in [4.78, 5) is 8.54. The maximum Gasteiger partial charge on any atom is 0.119 e. The molecule has 0 saturated heterocycles. The van der Waals surface area contributed by atoms with E-state index >= 15 is 0 Å². The normalized spacial score (nSPS) is 23.0. The van der Waals surface area contributed by atoms with Crippen LogP contribution in [-0.4, -0.2) is 22.1 Å². The van der Waals surface area contributed by atoms with Crippen molar-refractivity contribution in [2.75, 3.05) is 0 Å². The summed E-state index contributed by atoms with van der Waals surface area (Å²) in [6.07, 6.45) is 10.2. The van der Waals surface area contributed by atoms with Crippen LogP contribution in [-0.2, 0) is 0 Å². The van der Waals surface area contributed by atoms with Gasteiger partial charge >= 0.3 is 0 Å². The molecular formula is C18H23N3O. The van der Waals surface area contributed by atoms with Gasteiger partial charge in [-0.2, -0.15) is 0 Å². The van der Waals surface area contributed by atoms with E-state index in [4.69, 9.17) is 4.74 Å². The smallest absolute Gasteiger partial charge is 0.119 e. The molecule has 1 aromatic heterocycles. The molecule has 3 atom stereocenters. The van der Waals surface area contributed by atoms with Crippen LogP contribution in [0.15, 0.2) is 48.9 Å². The summed E-state index contributed by atoms with van der Waals surface area (Å²) in [6, 6.07) is 10.6. The van der Waals surface area contributed by atoms with Gasteiger partial charge in [0.2, 0.25) is 0 Å². The Kier molecular flexibility index (Phi) is 5.01. The Morgan fingerprint density at radius 3 is 2.73 bits per heavy atom. The molecule has 0 amide bonds. The first kappa shape index (κ1) is 15.0. The summed E-state index contributed by atoms with van der Waals surface area (Å²) < 4.78 is 6.21. The summed E-state index contributed by atoms with van der Waals surface area (Å²) in [5.41, 5.74) is 0.978. The van der Waals surface area contributed by atoms with E-state index in [1.54, 1.807) is 12.4 Å². The van der Waals surface area contributed by atoms with Crippen LogP contribution in [0.2, 0.25) is 0 Å². The van der Waals surface area contributed by atoms with Crippen LogP contribution in [0.25, 0.3) is 0 Å². The Hall–Kier alpha value is -1.94. The number of aromatic nitrogens is 2. The van der Waals surface area contributed by atoms with E-state index in [-0.39, 0.29) is 12.1 Å². The summed E-state index contributed by atoms with van der Waals surface area (Å²) in [7, 11) is 0. The first-order valence-corrected chi connectivity index (χ1v) is 8.06. The maximum absolute atomic E-state index is 6.21. The quantitative estimate of drug-likeness (QED) is 0.917. The van der Waals surface area contributed by atoms with Crippen LogP contribution in [0.5, 0.6) is 5.75 Å². The highest BCUT2D eigenvalue weighted by atomic mass is 16.5. The zero-order valence-electron chi connectivity index (χ0n) is 13.0. The summed E-state index contributed by atoms with van der Waals surface area (Å²) >= 11 is 0. The van der Waals surface area contributed by atoms with Gasteiger partial charge in [0.05, 0.1) is 5.69 Å². The minimum Gasteiger partial charge on any atom is -0.489 e. The monoisotopic (exact) mass is 297 g/mol. The number of hydrogen-bond donors (Lipinski definition) is 1. The largest absolute Gasteiger partial charge is 0.489 e. The molecule has 0 aliphatic heterocycles. The highest BCUT2D eigenvalue weighted by Crippen LogP contribution is 2.25. The molecule has 1 saturated carbocycles. The highest BCUT2D eigenvalue weighted by molar-refractivity contribution is 5.21. The number of nitrogens with zero attached hydrogens (tertiary/aromatic N) is 2. The molecule has 1 aliphatic rings. The Labute approximate surface area is 132 Å². The summed E-state index contributed by atoms with van der Waals surface area (Å²) in [6.45, 7) is 2.14. The number of hydrogen-bond acceptors (Lipinski definition) is 4. The molecule has 3 rings (SSSR count). The predicted octanol–water partition coefficient (Wildman–Crippen LogP) is 3.52. The third-order valence-electron chi connectivity index (χ3n) is 4.22. The van der Waals surface area contributed by atoms with Crippen LogP contribution >= 0.6 is 0 Å². The number of benzene rings is 1. The standard InChI is InChI=1S/C18H23N3O/c1-14(17-13-19-11-12-20-17)21-16-9-5-6-10-18(16)22-15-7-3-2-4-8-15/h2-4,7-8,11-14,16,18,21H,5-6,9-10H2,1H3/t14-,16+,18+/m0/s1. The second-order valence-corrected chi connectivity index (χ2v) is 5.88. The fourth-order valence-corrected chi connectivity index (χ4v) is 3.04. The van der Waals surface area contributed by atoms with Gasteiger partial charge in [-0.1, -0.05) is 24.6 Å². The molecule has 1 heterocycles. The van der Waals surface area contributed by atoms with E-state index in [0.29, 0.717) is 6.04 Å². The third-order valence-corrected chi connectivity index (χ3v) is 4.22. The van der Waals surface area contributed by atoms with Gasteiger partial charge in [-0.15, -0.1) is 0 Å². The van der Waals surface area contributed by atoms with Gasteiger partial charge < -0.3 is 10.1 Å². The summed E-state index contributed by atoms with van der Waals surface area (Å²) in [5, 5.41) is 3.68. The molecule has 0 bridgehead atoms. The average Bonchev–Trinajstić information content (AvgIpc) is 2.58. The number of ether oxygens (including phenoxy) is 1.